The Balaban J connectivity index is 2.18. The van der Waals surface area contributed by atoms with Crippen LogP contribution in [0.1, 0.15) is 5.69 Å². The highest BCUT2D eigenvalue weighted by atomic mass is 19.1. The molecule has 2 rings (SSSR count). The molecule has 6 heteroatoms. The Morgan fingerprint density at radius 2 is 2.17 bits per heavy atom. The van der Waals surface area contributed by atoms with Crippen molar-refractivity contribution >= 4 is 5.69 Å². The molecular weight excluding hydrogens is 239 g/mol. The van der Waals surface area contributed by atoms with Crippen molar-refractivity contribution in [1.29, 1.82) is 0 Å². The van der Waals surface area contributed by atoms with Crippen LogP contribution in [0.4, 0.5) is 10.1 Å². The van der Waals surface area contributed by atoms with E-state index in [2.05, 4.69) is 4.98 Å². The maximum atomic E-state index is 13.0. The van der Waals surface area contributed by atoms with Crippen LogP contribution in [0.5, 0.6) is 5.75 Å². The van der Waals surface area contributed by atoms with Crippen molar-refractivity contribution in [3.63, 3.8) is 0 Å². The second-order valence-corrected chi connectivity index (χ2v) is 3.48. The smallest absolute Gasteiger partial charge is 0.311 e. The summed E-state index contributed by atoms with van der Waals surface area (Å²) in [4.78, 5) is 14.1. The van der Waals surface area contributed by atoms with Crippen molar-refractivity contribution < 1.29 is 14.1 Å². The van der Waals surface area contributed by atoms with E-state index in [9.17, 15) is 14.5 Å². The van der Waals surface area contributed by atoms with Crippen LogP contribution < -0.4 is 4.74 Å². The van der Waals surface area contributed by atoms with E-state index in [1.165, 1.54) is 0 Å². The highest BCUT2D eigenvalue weighted by Crippen LogP contribution is 2.27. The summed E-state index contributed by atoms with van der Waals surface area (Å²) >= 11 is 0. The fourth-order valence-electron chi connectivity index (χ4n) is 1.39. The molecule has 0 unspecified atom stereocenters. The quantitative estimate of drug-likeness (QED) is 0.616. The van der Waals surface area contributed by atoms with Gasteiger partial charge in [-0.15, -0.1) is 0 Å². The number of hydrogen-bond acceptors (Lipinski definition) is 4. The molecule has 5 nitrogen and oxygen atoms in total. The highest BCUT2D eigenvalue weighted by Gasteiger charge is 2.15. The van der Waals surface area contributed by atoms with Gasteiger partial charge in [0.1, 0.15) is 12.4 Å². The van der Waals surface area contributed by atoms with E-state index < -0.39 is 10.7 Å². The third-order valence-electron chi connectivity index (χ3n) is 2.22. The number of pyridine rings is 1. The molecule has 0 aliphatic heterocycles. The first kappa shape index (κ1) is 12.0. The zero-order chi connectivity index (χ0) is 13.0. The van der Waals surface area contributed by atoms with E-state index in [0.717, 1.165) is 18.2 Å². The molecule has 18 heavy (non-hydrogen) atoms. The van der Waals surface area contributed by atoms with E-state index in [1.807, 2.05) is 0 Å². The maximum absolute atomic E-state index is 13.0. The van der Waals surface area contributed by atoms with Gasteiger partial charge in [-0.05, 0) is 18.2 Å². The van der Waals surface area contributed by atoms with Crippen LogP contribution in [0.2, 0.25) is 0 Å². The largest absolute Gasteiger partial charge is 0.480 e. The molecule has 0 bridgehead atoms. The summed E-state index contributed by atoms with van der Waals surface area (Å²) in [6, 6.07) is 8.31. The van der Waals surface area contributed by atoms with Crippen LogP contribution >= 0.6 is 0 Å². The lowest BCUT2D eigenvalue weighted by atomic mass is 10.3. The van der Waals surface area contributed by atoms with Gasteiger partial charge in [0, 0.05) is 18.3 Å². The number of aromatic nitrogens is 1. The topological polar surface area (TPSA) is 65.3 Å². The van der Waals surface area contributed by atoms with Gasteiger partial charge < -0.3 is 4.74 Å². The maximum Gasteiger partial charge on any atom is 0.311 e. The van der Waals surface area contributed by atoms with Crippen LogP contribution in [0.3, 0.4) is 0 Å². The van der Waals surface area contributed by atoms with Gasteiger partial charge in [-0.2, -0.15) is 0 Å². The summed E-state index contributed by atoms with van der Waals surface area (Å²) in [5, 5.41) is 10.7. The fraction of sp³-hybridized carbons (Fsp3) is 0.0833. The second-order valence-electron chi connectivity index (χ2n) is 3.48. The van der Waals surface area contributed by atoms with Gasteiger partial charge in [0.25, 0.3) is 0 Å². The molecule has 0 fully saturated rings. The Morgan fingerprint density at radius 1 is 1.33 bits per heavy atom. The zero-order valence-electron chi connectivity index (χ0n) is 9.25. The molecule has 1 aromatic heterocycles. The second kappa shape index (κ2) is 5.22. The molecule has 92 valence electrons. The standard InChI is InChI=1S/C12H9FN2O3/c13-9-4-5-11(15(16)17)12(7-9)18-8-10-3-1-2-6-14-10/h1-7H,8H2. The Morgan fingerprint density at radius 3 is 2.83 bits per heavy atom. The number of ether oxygens (including phenoxy) is 1. The number of nitro benzene ring substituents is 1. The number of hydrogen-bond donors (Lipinski definition) is 0. The van der Waals surface area contributed by atoms with Gasteiger partial charge in [0.15, 0.2) is 5.75 Å². The Hall–Kier alpha value is -2.50. The molecular formula is C12H9FN2O3. The van der Waals surface area contributed by atoms with E-state index >= 15 is 0 Å². The molecule has 0 aliphatic rings. The van der Waals surface area contributed by atoms with Crippen molar-refractivity contribution in [3.8, 4) is 5.75 Å². The van der Waals surface area contributed by atoms with E-state index in [4.69, 9.17) is 4.74 Å². The molecule has 0 saturated carbocycles. The molecule has 0 radical (unpaired) electrons. The monoisotopic (exact) mass is 248 g/mol. The predicted octanol–water partition coefficient (Wildman–Crippen LogP) is 2.71. The lowest BCUT2D eigenvalue weighted by molar-refractivity contribution is -0.386. The number of nitrogens with zero attached hydrogens (tertiary/aromatic N) is 2. The first-order chi connectivity index (χ1) is 8.66. The van der Waals surface area contributed by atoms with Gasteiger partial charge in [0.05, 0.1) is 10.6 Å². The van der Waals surface area contributed by atoms with Gasteiger partial charge in [-0.25, -0.2) is 4.39 Å². The summed E-state index contributed by atoms with van der Waals surface area (Å²) in [6.45, 7) is 0.0468. The van der Waals surface area contributed by atoms with Crippen molar-refractivity contribution in [3.05, 3.63) is 64.2 Å². The number of rotatable bonds is 4. The number of halogens is 1. The third kappa shape index (κ3) is 2.79. The van der Waals surface area contributed by atoms with Crippen molar-refractivity contribution in [2.24, 2.45) is 0 Å². The Labute approximate surface area is 102 Å². The molecule has 1 heterocycles. The molecule has 0 amide bonds. The minimum atomic E-state index is -0.618. The molecule has 1 aromatic carbocycles. The summed E-state index contributed by atoms with van der Waals surface area (Å²) in [7, 11) is 0. The number of nitro groups is 1. The lowest BCUT2D eigenvalue weighted by Gasteiger charge is -2.06. The average molecular weight is 248 g/mol. The molecule has 0 atom stereocenters. The van der Waals surface area contributed by atoms with Crippen molar-refractivity contribution in [2.45, 2.75) is 6.61 Å². The zero-order valence-corrected chi connectivity index (χ0v) is 9.25. The highest BCUT2D eigenvalue weighted by molar-refractivity contribution is 5.46. The third-order valence-corrected chi connectivity index (χ3v) is 2.22. The first-order valence-electron chi connectivity index (χ1n) is 5.13. The van der Waals surface area contributed by atoms with Gasteiger partial charge in [-0.1, -0.05) is 6.07 Å². The normalized spacial score (nSPS) is 10.1. The summed E-state index contributed by atoms with van der Waals surface area (Å²) in [5.74, 6) is -0.692. The summed E-state index contributed by atoms with van der Waals surface area (Å²) in [5.41, 5.74) is 0.336. The van der Waals surface area contributed by atoms with E-state index in [-0.39, 0.29) is 18.0 Å². The Bertz CT molecular complexity index is 561. The van der Waals surface area contributed by atoms with Crippen LogP contribution in [0.15, 0.2) is 42.6 Å². The first-order valence-corrected chi connectivity index (χ1v) is 5.13. The van der Waals surface area contributed by atoms with Crippen LogP contribution in [0.25, 0.3) is 0 Å². The van der Waals surface area contributed by atoms with Gasteiger partial charge in [-0.3, -0.25) is 15.1 Å². The molecule has 0 saturated heterocycles. The molecule has 0 aliphatic carbocycles. The minimum Gasteiger partial charge on any atom is -0.480 e. The lowest BCUT2D eigenvalue weighted by Crippen LogP contribution is -2.01. The van der Waals surface area contributed by atoms with Crippen LogP contribution in [-0.4, -0.2) is 9.91 Å². The van der Waals surface area contributed by atoms with Crippen molar-refractivity contribution in [1.82, 2.24) is 4.98 Å². The Kier molecular flexibility index (Phi) is 3.47. The van der Waals surface area contributed by atoms with Crippen LogP contribution in [-0.2, 0) is 6.61 Å². The molecule has 0 spiro atoms. The average Bonchev–Trinajstić information content (AvgIpc) is 2.37. The SMILES string of the molecule is O=[N+]([O-])c1ccc(F)cc1OCc1ccccn1. The fourth-order valence-corrected chi connectivity index (χ4v) is 1.39. The van der Waals surface area contributed by atoms with Crippen LogP contribution in [0, 0.1) is 15.9 Å². The minimum absolute atomic E-state index is 0.0468. The number of benzene rings is 1. The molecule has 2 aromatic rings. The summed E-state index contributed by atoms with van der Waals surface area (Å²) < 4.78 is 18.2. The van der Waals surface area contributed by atoms with Gasteiger partial charge in [0.2, 0.25) is 0 Å². The molecule has 0 N–H and O–H groups in total. The summed E-state index contributed by atoms with van der Waals surface area (Å²) in [6.07, 6.45) is 1.58. The van der Waals surface area contributed by atoms with Gasteiger partial charge >= 0.3 is 5.69 Å². The van der Waals surface area contributed by atoms with E-state index in [1.54, 1.807) is 24.4 Å². The van der Waals surface area contributed by atoms with Crippen molar-refractivity contribution in [2.75, 3.05) is 0 Å². The predicted molar refractivity (Wildman–Crippen MR) is 61.6 cm³/mol. The van der Waals surface area contributed by atoms with E-state index in [0.29, 0.717) is 5.69 Å².